The number of benzene rings is 1. The van der Waals surface area contributed by atoms with Gasteiger partial charge in [0.25, 0.3) is 0 Å². The molecule has 0 fully saturated rings. The third-order valence-electron chi connectivity index (χ3n) is 5.24. The summed E-state index contributed by atoms with van der Waals surface area (Å²) >= 11 is 0. The van der Waals surface area contributed by atoms with Crippen LogP contribution in [0.5, 0.6) is 0 Å². The van der Waals surface area contributed by atoms with Crippen LogP contribution in [0.2, 0.25) is 0 Å². The fourth-order valence-electron chi connectivity index (χ4n) is 3.15. The van der Waals surface area contributed by atoms with Gasteiger partial charge in [0.2, 0.25) is 0 Å². The van der Waals surface area contributed by atoms with E-state index in [0.717, 1.165) is 17.6 Å². The van der Waals surface area contributed by atoms with Crippen LogP contribution in [-0.2, 0) is 14.9 Å². The SMILES string of the molecule is C=C/C=C1\C(=C)C(C)(C)c2cc(C(OCC)OC(C)(C)CC)ccc21. The minimum Gasteiger partial charge on any atom is -0.349 e. The topological polar surface area (TPSA) is 18.5 Å². The van der Waals surface area contributed by atoms with E-state index < -0.39 is 0 Å². The lowest BCUT2D eigenvalue weighted by molar-refractivity contribution is -0.204. The van der Waals surface area contributed by atoms with Crippen LogP contribution in [0.15, 0.2) is 49.1 Å². The molecule has 1 aliphatic carbocycles. The summed E-state index contributed by atoms with van der Waals surface area (Å²) in [4.78, 5) is 0. The molecule has 136 valence electrons. The van der Waals surface area contributed by atoms with Crippen LogP contribution < -0.4 is 0 Å². The predicted molar refractivity (Wildman–Crippen MR) is 107 cm³/mol. The predicted octanol–water partition coefficient (Wildman–Crippen LogP) is 6.34. The van der Waals surface area contributed by atoms with Gasteiger partial charge in [-0.3, -0.25) is 0 Å². The standard InChI is InChI=1S/C23H32O2/c1-9-12-18-16(4)23(7,8)20-15-17(13-14-19(18)20)21(24-11-3)25-22(5,6)10-2/h9,12-15,21H,1,4,10-11H2,2-3,5-8H3/b18-12+. The maximum atomic E-state index is 6.27. The Morgan fingerprint density at radius 2 is 1.92 bits per heavy atom. The molecule has 1 aliphatic rings. The average Bonchev–Trinajstić information content (AvgIpc) is 2.75. The van der Waals surface area contributed by atoms with Gasteiger partial charge in [-0.15, -0.1) is 0 Å². The Hall–Kier alpha value is -1.64. The third-order valence-corrected chi connectivity index (χ3v) is 5.24. The molecule has 1 aromatic carbocycles. The fraction of sp³-hybridized carbons (Fsp3) is 0.478. The molecule has 0 saturated heterocycles. The molecule has 2 rings (SSSR count). The smallest absolute Gasteiger partial charge is 0.184 e. The van der Waals surface area contributed by atoms with Gasteiger partial charge in [-0.25, -0.2) is 0 Å². The van der Waals surface area contributed by atoms with Gasteiger partial charge >= 0.3 is 0 Å². The molecule has 0 saturated carbocycles. The number of allylic oxidation sites excluding steroid dienone is 4. The summed E-state index contributed by atoms with van der Waals surface area (Å²) in [5, 5.41) is 0. The van der Waals surface area contributed by atoms with E-state index in [1.165, 1.54) is 16.7 Å². The van der Waals surface area contributed by atoms with E-state index in [9.17, 15) is 0 Å². The van der Waals surface area contributed by atoms with E-state index in [0.29, 0.717) is 6.61 Å². The van der Waals surface area contributed by atoms with Crippen molar-refractivity contribution in [1.82, 2.24) is 0 Å². The summed E-state index contributed by atoms with van der Waals surface area (Å²) < 4.78 is 12.2. The number of rotatable bonds is 7. The summed E-state index contributed by atoms with van der Waals surface area (Å²) in [6.45, 7) is 21.5. The van der Waals surface area contributed by atoms with Crippen molar-refractivity contribution < 1.29 is 9.47 Å². The molecule has 0 radical (unpaired) electrons. The molecule has 0 bridgehead atoms. The molecule has 2 nitrogen and oxygen atoms in total. The highest BCUT2D eigenvalue weighted by molar-refractivity contribution is 5.89. The monoisotopic (exact) mass is 340 g/mol. The molecule has 0 N–H and O–H groups in total. The molecular formula is C23H32O2. The maximum absolute atomic E-state index is 6.27. The van der Waals surface area contributed by atoms with Crippen LogP contribution in [0, 0.1) is 0 Å². The van der Waals surface area contributed by atoms with Crippen molar-refractivity contribution in [1.29, 1.82) is 0 Å². The lowest BCUT2D eigenvalue weighted by Crippen LogP contribution is -2.27. The highest BCUT2D eigenvalue weighted by Gasteiger charge is 2.37. The van der Waals surface area contributed by atoms with Gasteiger partial charge in [-0.2, -0.15) is 0 Å². The molecule has 0 aliphatic heterocycles. The van der Waals surface area contributed by atoms with Gasteiger partial charge in [-0.05, 0) is 55.5 Å². The van der Waals surface area contributed by atoms with E-state index in [1.807, 2.05) is 19.1 Å². The Balaban J connectivity index is 2.49. The quantitative estimate of drug-likeness (QED) is 0.539. The molecule has 2 heteroatoms. The first kappa shape index (κ1) is 19.7. The lowest BCUT2D eigenvalue weighted by atomic mass is 9.82. The highest BCUT2D eigenvalue weighted by atomic mass is 16.7. The Morgan fingerprint density at radius 3 is 2.48 bits per heavy atom. The summed E-state index contributed by atoms with van der Waals surface area (Å²) in [6.07, 6.45) is 4.44. The average molecular weight is 341 g/mol. The number of hydrogen-bond donors (Lipinski definition) is 0. The Bertz CT molecular complexity index is 692. The van der Waals surface area contributed by atoms with Crippen molar-refractivity contribution in [2.24, 2.45) is 0 Å². The van der Waals surface area contributed by atoms with Gasteiger partial charge in [0.05, 0.1) is 5.60 Å². The minimum atomic E-state index is -0.359. The van der Waals surface area contributed by atoms with E-state index in [1.54, 1.807) is 0 Å². The van der Waals surface area contributed by atoms with Crippen molar-refractivity contribution in [2.45, 2.75) is 65.3 Å². The largest absolute Gasteiger partial charge is 0.349 e. The zero-order valence-electron chi connectivity index (χ0n) is 16.6. The van der Waals surface area contributed by atoms with Crippen LogP contribution in [-0.4, -0.2) is 12.2 Å². The second-order valence-corrected chi connectivity index (χ2v) is 7.74. The molecule has 1 unspecified atom stereocenters. The van der Waals surface area contributed by atoms with Gasteiger partial charge in [0.1, 0.15) is 0 Å². The third kappa shape index (κ3) is 3.80. The molecule has 0 spiro atoms. The maximum Gasteiger partial charge on any atom is 0.184 e. The second-order valence-electron chi connectivity index (χ2n) is 7.74. The summed E-state index contributed by atoms with van der Waals surface area (Å²) in [6, 6.07) is 6.49. The van der Waals surface area contributed by atoms with E-state index in [2.05, 4.69) is 66.0 Å². The van der Waals surface area contributed by atoms with Crippen LogP contribution in [0.25, 0.3) is 5.57 Å². The summed E-state index contributed by atoms with van der Waals surface area (Å²) in [5.41, 5.74) is 5.51. The molecule has 25 heavy (non-hydrogen) atoms. The molecule has 1 atom stereocenters. The Kier molecular flexibility index (Phi) is 5.75. The van der Waals surface area contributed by atoms with Crippen LogP contribution in [0.4, 0.5) is 0 Å². The zero-order chi connectivity index (χ0) is 18.8. The lowest BCUT2D eigenvalue weighted by Gasteiger charge is -2.30. The minimum absolute atomic E-state index is 0.114. The molecule has 1 aromatic rings. The summed E-state index contributed by atoms with van der Waals surface area (Å²) in [5.74, 6) is 0. The Labute approximate surface area is 153 Å². The van der Waals surface area contributed by atoms with Crippen LogP contribution in [0.3, 0.4) is 0 Å². The number of hydrogen-bond acceptors (Lipinski definition) is 2. The first-order valence-electron chi connectivity index (χ1n) is 9.14. The van der Waals surface area contributed by atoms with Crippen molar-refractivity contribution in [2.75, 3.05) is 6.61 Å². The van der Waals surface area contributed by atoms with Crippen molar-refractivity contribution in [3.63, 3.8) is 0 Å². The van der Waals surface area contributed by atoms with Gasteiger partial charge in [0, 0.05) is 17.6 Å². The van der Waals surface area contributed by atoms with Crippen LogP contribution in [0.1, 0.15) is 70.9 Å². The zero-order valence-corrected chi connectivity index (χ0v) is 16.6. The second kappa shape index (κ2) is 7.31. The van der Waals surface area contributed by atoms with Gasteiger partial charge in [-0.1, -0.05) is 58.2 Å². The van der Waals surface area contributed by atoms with E-state index in [4.69, 9.17) is 9.47 Å². The molecule has 0 heterocycles. The van der Waals surface area contributed by atoms with Gasteiger partial charge in [0.15, 0.2) is 6.29 Å². The normalized spacial score (nSPS) is 19.1. The first-order valence-corrected chi connectivity index (χ1v) is 9.14. The molecular weight excluding hydrogens is 308 g/mol. The van der Waals surface area contributed by atoms with Crippen molar-refractivity contribution >= 4 is 5.57 Å². The fourth-order valence-corrected chi connectivity index (χ4v) is 3.15. The molecule has 0 amide bonds. The Morgan fingerprint density at radius 1 is 1.24 bits per heavy atom. The van der Waals surface area contributed by atoms with E-state index in [-0.39, 0.29) is 17.3 Å². The summed E-state index contributed by atoms with van der Waals surface area (Å²) in [7, 11) is 0. The van der Waals surface area contributed by atoms with Crippen molar-refractivity contribution in [3.8, 4) is 0 Å². The van der Waals surface area contributed by atoms with Crippen LogP contribution >= 0.6 is 0 Å². The highest BCUT2D eigenvalue weighted by Crippen LogP contribution is 2.49. The number of fused-ring (bicyclic) bond motifs is 1. The molecule has 0 aromatic heterocycles. The number of ether oxygens (including phenoxy) is 2. The van der Waals surface area contributed by atoms with Crippen molar-refractivity contribution in [3.05, 3.63) is 65.8 Å². The van der Waals surface area contributed by atoms with Gasteiger partial charge < -0.3 is 9.47 Å². The van der Waals surface area contributed by atoms with E-state index >= 15 is 0 Å². The first-order chi connectivity index (χ1) is 11.7.